The van der Waals surface area contributed by atoms with Crippen LogP contribution in [0.2, 0.25) is 0 Å². The average Bonchev–Trinajstić information content (AvgIpc) is 3.40. The minimum atomic E-state index is -3.50. The molecule has 0 bridgehead atoms. The maximum Gasteiger partial charge on any atom is 0.245 e. The number of nitrogens with zero attached hydrogens (tertiary/aromatic N) is 5. The number of aliphatic hydroxyl groups excluding tert-OH is 2. The first kappa shape index (κ1) is 29.7. The van der Waals surface area contributed by atoms with Gasteiger partial charge in [-0.2, -0.15) is 0 Å². The van der Waals surface area contributed by atoms with Crippen molar-refractivity contribution in [1.29, 1.82) is 0 Å². The topological polar surface area (TPSA) is 133 Å². The van der Waals surface area contributed by atoms with Gasteiger partial charge in [0.05, 0.1) is 54.9 Å². The zero-order valence-electron chi connectivity index (χ0n) is 23.7. The molecular formula is C29H35FN6O5S. The van der Waals surface area contributed by atoms with Crippen LogP contribution in [0.25, 0.3) is 16.8 Å². The summed E-state index contributed by atoms with van der Waals surface area (Å²) >= 11 is 0. The number of hydrogen-bond donors (Lipinski definition) is 3. The molecule has 3 N–H and O–H groups in total. The highest BCUT2D eigenvalue weighted by Gasteiger charge is 2.26. The van der Waals surface area contributed by atoms with Crippen LogP contribution in [0.1, 0.15) is 24.3 Å². The van der Waals surface area contributed by atoms with Gasteiger partial charge in [0.1, 0.15) is 11.6 Å². The van der Waals surface area contributed by atoms with Gasteiger partial charge >= 0.3 is 0 Å². The van der Waals surface area contributed by atoms with Crippen LogP contribution in [0.15, 0.2) is 54.7 Å². The number of anilines is 3. The van der Waals surface area contributed by atoms with Gasteiger partial charge in [-0.3, -0.25) is 4.31 Å². The van der Waals surface area contributed by atoms with Crippen molar-refractivity contribution >= 4 is 32.9 Å². The highest BCUT2D eigenvalue weighted by Crippen LogP contribution is 2.37. The fraction of sp³-hybridized carbons (Fsp3) is 0.379. The van der Waals surface area contributed by atoms with Crippen LogP contribution < -0.4 is 14.4 Å². The molecule has 0 saturated carbocycles. The van der Waals surface area contributed by atoms with Crippen LogP contribution in [0, 0.1) is 5.82 Å². The monoisotopic (exact) mass is 598 g/mol. The summed E-state index contributed by atoms with van der Waals surface area (Å²) in [5, 5.41) is 26.5. The molecule has 1 aliphatic heterocycles. The Bertz CT molecular complexity index is 1670. The molecule has 224 valence electrons. The Morgan fingerprint density at radius 1 is 1.19 bits per heavy atom. The number of aliphatic hydroxyl groups is 2. The number of para-hydroxylation sites is 1. The minimum Gasteiger partial charge on any atom is -0.495 e. The van der Waals surface area contributed by atoms with Gasteiger partial charge in [-0.05, 0) is 61.7 Å². The number of piperidine rings is 1. The van der Waals surface area contributed by atoms with E-state index < -0.39 is 16.1 Å². The first-order valence-corrected chi connectivity index (χ1v) is 15.5. The minimum absolute atomic E-state index is 0.00404. The van der Waals surface area contributed by atoms with Crippen molar-refractivity contribution in [1.82, 2.24) is 19.5 Å². The molecule has 2 aromatic carbocycles. The molecule has 0 amide bonds. The highest BCUT2D eigenvalue weighted by atomic mass is 32.2. The molecule has 4 aromatic rings. The fourth-order valence-electron chi connectivity index (χ4n) is 5.36. The summed E-state index contributed by atoms with van der Waals surface area (Å²) in [5.41, 5.74) is 3.46. The average molecular weight is 599 g/mol. The fourth-order valence-corrected chi connectivity index (χ4v) is 5.87. The van der Waals surface area contributed by atoms with E-state index in [1.54, 1.807) is 28.9 Å². The standard InChI is InChI=1S/C29H35FN6O5S/c1-34(42(3,39)40)26-7-5-4-6-22(26)27-9-8-20-16-31-29(33-36(20)27)32-25-15-24(30)23(14-28(25)41-2)19-10-12-35(13-11-19)17-21(38)18-37/h4-9,14-16,19,21,37-38H,10-13,17-18H2,1-3H3,(H,32,33). The van der Waals surface area contributed by atoms with E-state index in [0.717, 1.165) is 19.1 Å². The molecule has 1 saturated heterocycles. The number of aromatic nitrogens is 3. The Kier molecular flexibility index (Phi) is 8.64. The number of benzene rings is 2. The maximum atomic E-state index is 15.4. The molecule has 42 heavy (non-hydrogen) atoms. The quantitative estimate of drug-likeness (QED) is 0.252. The van der Waals surface area contributed by atoms with Crippen molar-refractivity contribution in [2.24, 2.45) is 0 Å². The normalized spacial score (nSPS) is 15.6. The van der Waals surface area contributed by atoms with Crippen molar-refractivity contribution in [2.45, 2.75) is 24.9 Å². The van der Waals surface area contributed by atoms with Gasteiger partial charge in [0.25, 0.3) is 0 Å². The number of rotatable bonds is 10. The van der Waals surface area contributed by atoms with Gasteiger partial charge in [-0.1, -0.05) is 18.2 Å². The zero-order valence-corrected chi connectivity index (χ0v) is 24.6. The van der Waals surface area contributed by atoms with E-state index in [9.17, 15) is 13.5 Å². The highest BCUT2D eigenvalue weighted by molar-refractivity contribution is 7.92. The van der Waals surface area contributed by atoms with Crippen molar-refractivity contribution in [2.75, 3.05) is 56.3 Å². The third-order valence-electron chi connectivity index (χ3n) is 7.69. The van der Waals surface area contributed by atoms with Crippen molar-refractivity contribution in [3.05, 3.63) is 66.1 Å². The number of methoxy groups -OCH3 is 1. The molecule has 1 fully saturated rings. The molecule has 11 nitrogen and oxygen atoms in total. The number of hydrogen-bond acceptors (Lipinski definition) is 9. The number of likely N-dealkylation sites (tertiary alicyclic amines) is 1. The van der Waals surface area contributed by atoms with E-state index in [4.69, 9.17) is 9.84 Å². The van der Waals surface area contributed by atoms with Gasteiger partial charge < -0.3 is 25.2 Å². The number of ether oxygens (including phenoxy) is 1. The van der Waals surface area contributed by atoms with Crippen molar-refractivity contribution < 1.29 is 27.8 Å². The summed E-state index contributed by atoms with van der Waals surface area (Å²) in [6.45, 7) is 1.50. The van der Waals surface area contributed by atoms with Crippen molar-refractivity contribution in [3.8, 4) is 17.0 Å². The molecular weight excluding hydrogens is 563 g/mol. The second-order valence-corrected chi connectivity index (χ2v) is 12.5. The van der Waals surface area contributed by atoms with E-state index in [1.807, 2.05) is 24.3 Å². The Labute approximate surface area is 244 Å². The number of nitrogens with one attached hydrogen (secondary N) is 1. The number of halogens is 1. The van der Waals surface area contributed by atoms with E-state index in [1.165, 1.54) is 24.5 Å². The third-order valence-corrected chi connectivity index (χ3v) is 8.88. The summed E-state index contributed by atoms with van der Waals surface area (Å²) in [7, 11) is -0.476. The smallest absolute Gasteiger partial charge is 0.245 e. The van der Waals surface area contributed by atoms with Gasteiger partial charge in [0.2, 0.25) is 16.0 Å². The lowest BCUT2D eigenvalue weighted by molar-refractivity contribution is 0.0511. The third kappa shape index (κ3) is 6.19. The van der Waals surface area contributed by atoms with Crippen LogP contribution in [-0.2, 0) is 10.0 Å². The Morgan fingerprint density at radius 3 is 2.62 bits per heavy atom. The van der Waals surface area contributed by atoms with E-state index >= 15 is 4.39 Å². The molecule has 13 heteroatoms. The summed E-state index contributed by atoms with van der Waals surface area (Å²) in [4.78, 5) is 6.46. The molecule has 1 unspecified atom stereocenters. The molecule has 1 atom stereocenters. The molecule has 3 heterocycles. The molecule has 0 radical (unpaired) electrons. The van der Waals surface area contributed by atoms with E-state index in [-0.39, 0.29) is 24.3 Å². The Hall–Kier alpha value is -3.78. The number of β-amino-alcohol motifs (C(OH)–C–C–N with tert-alkyl or cyclic N) is 1. The lowest BCUT2D eigenvalue weighted by atomic mass is 9.88. The zero-order chi connectivity index (χ0) is 30.0. The predicted molar refractivity (Wildman–Crippen MR) is 159 cm³/mol. The second kappa shape index (κ2) is 12.2. The van der Waals surface area contributed by atoms with Gasteiger partial charge in [0, 0.05) is 25.2 Å². The first-order chi connectivity index (χ1) is 20.1. The number of sulfonamides is 1. The lowest BCUT2D eigenvalue weighted by Crippen LogP contribution is -2.39. The van der Waals surface area contributed by atoms with Crippen molar-refractivity contribution in [3.63, 3.8) is 0 Å². The Morgan fingerprint density at radius 2 is 1.93 bits per heavy atom. The molecule has 1 aliphatic rings. The predicted octanol–water partition coefficient (Wildman–Crippen LogP) is 3.22. The van der Waals surface area contributed by atoms with Gasteiger partial charge in [-0.25, -0.2) is 22.3 Å². The van der Waals surface area contributed by atoms with Crippen LogP contribution in [0.5, 0.6) is 5.75 Å². The lowest BCUT2D eigenvalue weighted by Gasteiger charge is -2.33. The van der Waals surface area contributed by atoms with E-state index in [0.29, 0.717) is 59.1 Å². The maximum absolute atomic E-state index is 15.4. The van der Waals surface area contributed by atoms with Crippen LogP contribution >= 0.6 is 0 Å². The molecule has 2 aromatic heterocycles. The summed E-state index contributed by atoms with van der Waals surface area (Å²) in [6.07, 6.45) is 3.43. The molecule has 0 spiro atoms. The van der Waals surface area contributed by atoms with Gasteiger partial charge in [0.15, 0.2) is 0 Å². The molecule has 0 aliphatic carbocycles. The van der Waals surface area contributed by atoms with Gasteiger partial charge in [-0.15, -0.1) is 5.10 Å². The SMILES string of the molecule is COc1cc(C2CCN(CC(O)CO)CC2)c(F)cc1Nc1ncc2ccc(-c3ccccc3N(C)S(C)(=O)=O)n2n1. The Balaban J connectivity index is 1.41. The first-order valence-electron chi connectivity index (χ1n) is 13.6. The summed E-state index contributed by atoms with van der Waals surface area (Å²) < 4.78 is 48.5. The summed E-state index contributed by atoms with van der Waals surface area (Å²) in [5.74, 6) is 0.277. The number of fused-ring (bicyclic) bond motifs is 1. The van der Waals surface area contributed by atoms with Crippen LogP contribution in [0.3, 0.4) is 0 Å². The largest absolute Gasteiger partial charge is 0.495 e. The summed E-state index contributed by atoms with van der Waals surface area (Å²) in [6, 6.07) is 13.9. The molecule has 5 rings (SSSR count). The van der Waals surface area contributed by atoms with Crippen LogP contribution in [0.4, 0.5) is 21.7 Å². The second-order valence-electron chi connectivity index (χ2n) is 10.5. The van der Waals surface area contributed by atoms with Crippen LogP contribution in [-0.4, -0.2) is 90.9 Å². The van der Waals surface area contributed by atoms with E-state index in [2.05, 4.69) is 20.3 Å².